The molecule has 1 aromatic rings. The van der Waals surface area contributed by atoms with Crippen LogP contribution >= 0.6 is 0 Å². The Hall–Kier alpha value is -1.41. The van der Waals surface area contributed by atoms with Crippen molar-refractivity contribution >= 4 is 10.0 Å². The molecular weight excluding hydrogens is 292 g/mol. The van der Waals surface area contributed by atoms with E-state index in [1.807, 2.05) is 7.05 Å². The Morgan fingerprint density at radius 2 is 2.19 bits per heavy atom. The fraction of sp³-hybridized carbons (Fsp3) is 0.429. The number of sulfonamides is 1. The molecule has 0 aliphatic carbocycles. The fourth-order valence-corrected chi connectivity index (χ4v) is 3.48. The van der Waals surface area contributed by atoms with Gasteiger partial charge in [0.1, 0.15) is 10.6 Å². The maximum absolute atomic E-state index is 12.6. The summed E-state index contributed by atoms with van der Waals surface area (Å²) < 4.78 is 31.6. The highest BCUT2D eigenvalue weighted by Gasteiger charge is 2.26. The summed E-state index contributed by atoms with van der Waals surface area (Å²) >= 11 is 0. The molecule has 0 bridgehead atoms. The molecule has 0 amide bonds. The van der Waals surface area contributed by atoms with Crippen LogP contribution in [0.25, 0.3) is 0 Å². The summed E-state index contributed by atoms with van der Waals surface area (Å²) in [5.74, 6) is 0.287. The first kappa shape index (κ1) is 17.6. The molecular formula is C14H22N2O4S. The van der Waals surface area contributed by atoms with Crippen LogP contribution in [-0.4, -0.2) is 51.7 Å². The normalized spacial score (nSPS) is 11.6. The molecule has 0 spiro atoms. The molecule has 0 aromatic heterocycles. The van der Waals surface area contributed by atoms with E-state index in [4.69, 9.17) is 9.84 Å². The maximum atomic E-state index is 12.6. The Balaban J connectivity index is 3.25. The number of ether oxygens (including phenoxy) is 1. The lowest BCUT2D eigenvalue weighted by Crippen LogP contribution is -2.34. The molecule has 0 saturated carbocycles. The van der Waals surface area contributed by atoms with Crippen LogP contribution in [0.5, 0.6) is 5.75 Å². The van der Waals surface area contributed by atoms with Crippen molar-refractivity contribution in [2.24, 2.45) is 0 Å². The van der Waals surface area contributed by atoms with Crippen LogP contribution in [0.4, 0.5) is 0 Å². The Morgan fingerprint density at radius 3 is 2.71 bits per heavy atom. The van der Waals surface area contributed by atoms with Gasteiger partial charge in [0.2, 0.25) is 10.0 Å². The molecule has 2 N–H and O–H groups in total. The standard InChI is InChI=1S/C14H22N2O4S/c1-4-7-16(8-9-17)21(18,19)14-6-5-12(11-15-2)10-13(14)20-3/h4-6,10,15,17H,1,7-9,11H2,2-3H3. The zero-order valence-corrected chi connectivity index (χ0v) is 13.2. The van der Waals surface area contributed by atoms with Crippen LogP contribution in [0, 0.1) is 0 Å². The maximum Gasteiger partial charge on any atom is 0.247 e. The zero-order valence-electron chi connectivity index (χ0n) is 12.4. The van der Waals surface area contributed by atoms with E-state index in [1.165, 1.54) is 19.3 Å². The number of aliphatic hydroxyl groups excluding tert-OH is 1. The summed E-state index contributed by atoms with van der Waals surface area (Å²) in [5.41, 5.74) is 0.922. The van der Waals surface area contributed by atoms with Gasteiger partial charge in [-0.15, -0.1) is 6.58 Å². The molecule has 0 aliphatic rings. The molecule has 0 fully saturated rings. The number of nitrogens with one attached hydrogen (secondary N) is 1. The molecule has 0 radical (unpaired) electrons. The Kier molecular flexibility index (Phi) is 6.83. The second kappa shape index (κ2) is 8.14. The molecule has 21 heavy (non-hydrogen) atoms. The van der Waals surface area contributed by atoms with Gasteiger partial charge >= 0.3 is 0 Å². The molecule has 1 aromatic carbocycles. The van der Waals surface area contributed by atoms with Gasteiger partial charge in [0.15, 0.2) is 0 Å². The van der Waals surface area contributed by atoms with Gasteiger partial charge in [-0.1, -0.05) is 12.1 Å². The van der Waals surface area contributed by atoms with Crippen LogP contribution in [0.15, 0.2) is 35.7 Å². The van der Waals surface area contributed by atoms with Gasteiger partial charge in [0.25, 0.3) is 0 Å². The van der Waals surface area contributed by atoms with Crippen molar-refractivity contribution in [1.82, 2.24) is 9.62 Å². The van der Waals surface area contributed by atoms with E-state index >= 15 is 0 Å². The third-order valence-corrected chi connectivity index (χ3v) is 4.81. The van der Waals surface area contributed by atoms with E-state index in [0.717, 1.165) is 9.87 Å². The number of aliphatic hydroxyl groups is 1. The zero-order chi connectivity index (χ0) is 15.9. The van der Waals surface area contributed by atoms with Crippen LogP contribution < -0.4 is 10.1 Å². The van der Waals surface area contributed by atoms with Gasteiger partial charge in [0.05, 0.1) is 13.7 Å². The molecule has 0 atom stereocenters. The quantitative estimate of drug-likeness (QED) is 0.652. The summed E-state index contributed by atoms with van der Waals surface area (Å²) in [4.78, 5) is 0.0835. The van der Waals surface area contributed by atoms with E-state index in [1.54, 1.807) is 12.1 Å². The Bertz CT molecular complexity index is 572. The highest BCUT2D eigenvalue weighted by Crippen LogP contribution is 2.27. The van der Waals surface area contributed by atoms with Crippen molar-refractivity contribution in [2.45, 2.75) is 11.4 Å². The molecule has 118 valence electrons. The third kappa shape index (κ3) is 4.28. The van der Waals surface area contributed by atoms with E-state index in [-0.39, 0.29) is 30.3 Å². The molecule has 7 heteroatoms. The highest BCUT2D eigenvalue weighted by molar-refractivity contribution is 7.89. The topological polar surface area (TPSA) is 78.9 Å². The van der Waals surface area contributed by atoms with Crippen molar-refractivity contribution < 1.29 is 18.3 Å². The predicted molar refractivity (Wildman–Crippen MR) is 81.8 cm³/mol. The lowest BCUT2D eigenvalue weighted by Gasteiger charge is -2.21. The first-order valence-corrected chi connectivity index (χ1v) is 7.98. The van der Waals surface area contributed by atoms with E-state index < -0.39 is 10.0 Å². The lowest BCUT2D eigenvalue weighted by atomic mass is 10.2. The van der Waals surface area contributed by atoms with E-state index in [9.17, 15) is 8.42 Å². The fourth-order valence-electron chi connectivity index (χ4n) is 1.94. The molecule has 0 heterocycles. The SMILES string of the molecule is C=CCN(CCO)S(=O)(=O)c1ccc(CNC)cc1OC. The third-order valence-electron chi connectivity index (χ3n) is 2.91. The smallest absolute Gasteiger partial charge is 0.247 e. The number of benzene rings is 1. The first-order valence-electron chi connectivity index (χ1n) is 6.54. The molecule has 0 unspecified atom stereocenters. The largest absolute Gasteiger partial charge is 0.495 e. The molecule has 0 saturated heterocycles. The van der Waals surface area contributed by atoms with Crippen LogP contribution in [0.3, 0.4) is 0 Å². The summed E-state index contributed by atoms with van der Waals surface area (Å²) in [5, 5.41) is 12.0. The van der Waals surface area contributed by atoms with Gasteiger partial charge in [-0.2, -0.15) is 4.31 Å². The monoisotopic (exact) mass is 314 g/mol. The van der Waals surface area contributed by atoms with Crippen molar-refractivity contribution in [3.63, 3.8) is 0 Å². The van der Waals surface area contributed by atoms with Gasteiger partial charge in [0, 0.05) is 19.6 Å². The number of hydrogen-bond donors (Lipinski definition) is 2. The van der Waals surface area contributed by atoms with Crippen LogP contribution in [-0.2, 0) is 16.6 Å². The van der Waals surface area contributed by atoms with Crippen LogP contribution in [0.1, 0.15) is 5.56 Å². The number of methoxy groups -OCH3 is 1. The van der Waals surface area contributed by atoms with Gasteiger partial charge in [-0.3, -0.25) is 0 Å². The van der Waals surface area contributed by atoms with Crippen molar-refractivity contribution in [1.29, 1.82) is 0 Å². The van der Waals surface area contributed by atoms with Crippen molar-refractivity contribution in [2.75, 3.05) is 33.9 Å². The molecule has 1 rings (SSSR count). The highest BCUT2D eigenvalue weighted by atomic mass is 32.2. The second-order valence-corrected chi connectivity index (χ2v) is 6.30. The second-order valence-electron chi connectivity index (χ2n) is 4.39. The predicted octanol–water partition coefficient (Wildman–Crippen LogP) is 0.584. The van der Waals surface area contributed by atoms with Crippen LogP contribution in [0.2, 0.25) is 0 Å². The minimum atomic E-state index is -3.74. The average molecular weight is 314 g/mol. The van der Waals surface area contributed by atoms with Gasteiger partial charge in [-0.05, 0) is 24.7 Å². The summed E-state index contributed by atoms with van der Waals surface area (Å²) in [6, 6.07) is 4.94. The Labute approximate surface area is 126 Å². The Morgan fingerprint density at radius 1 is 1.48 bits per heavy atom. The van der Waals surface area contributed by atoms with Crippen molar-refractivity contribution in [3.05, 3.63) is 36.4 Å². The minimum Gasteiger partial charge on any atom is -0.495 e. The van der Waals surface area contributed by atoms with Gasteiger partial charge < -0.3 is 15.2 Å². The van der Waals surface area contributed by atoms with E-state index in [0.29, 0.717) is 6.54 Å². The first-order chi connectivity index (χ1) is 10.0. The average Bonchev–Trinajstić information content (AvgIpc) is 2.47. The number of nitrogens with zero attached hydrogens (tertiary/aromatic N) is 1. The molecule has 6 nitrogen and oxygen atoms in total. The van der Waals surface area contributed by atoms with Gasteiger partial charge in [-0.25, -0.2) is 8.42 Å². The summed E-state index contributed by atoms with van der Waals surface area (Å²) in [7, 11) is -0.501. The molecule has 0 aliphatic heterocycles. The summed E-state index contributed by atoms with van der Waals surface area (Å²) in [6.07, 6.45) is 1.48. The van der Waals surface area contributed by atoms with Crippen molar-refractivity contribution in [3.8, 4) is 5.75 Å². The number of rotatable bonds is 9. The number of hydrogen-bond acceptors (Lipinski definition) is 5. The van der Waals surface area contributed by atoms with E-state index in [2.05, 4.69) is 11.9 Å². The minimum absolute atomic E-state index is 0.00970. The summed E-state index contributed by atoms with van der Waals surface area (Å²) in [6.45, 7) is 4.04. The lowest BCUT2D eigenvalue weighted by molar-refractivity contribution is 0.260.